The number of aromatic nitrogens is 2. The zero-order valence-corrected chi connectivity index (χ0v) is 16.4. The van der Waals surface area contributed by atoms with Gasteiger partial charge in [0.05, 0.1) is 17.2 Å². The van der Waals surface area contributed by atoms with Crippen molar-refractivity contribution in [2.45, 2.75) is 17.3 Å². The summed E-state index contributed by atoms with van der Waals surface area (Å²) in [7, 11) is 1.56. The van der Waals surface area contributed by atoms with Crippen molar-refractivity contribution in [3.8, 4) is 11.1 Å². The Morgan fingerprint density at radius 3 is 2.85 bits per heavy atom. The molecule has 0 fully saturated rings. The minimum Gasteiger partial charge on any atom is -0.383 e. The highest BCUT2D eigenvalue weighted by molar-refractivity contribution is 8.00. The number of thioether (sulfide) groups is 1. The van der Waals surface area contributed by atoms with Gasteiger partial charge in [0.2, 0.25) is 5.91 Å². The molecule has 0 spiro atoms. The molecule has 0 saturated heterocycles. The molecule has 2 aromatic heterocycles. The molecule has 1 amide bonds. The molecule has 3 aromatic rings. The number of thiophene rings is 1. The molecule has 142 valence electrons. The quantitative estimate of drug-likeness (QED) is 0.357. The van der Waals surface area contributed by atoms with Crippen molar-refractivity contribution in [2.24, 2.45) is 0 Å². The summed E-state index contributed by atoms with van der Waals surface area (Å²) in [5, 5.41) is 5.01. The van der Waals surface area contributed by atoms with E-state index >= 15 is 0 Å². The van der Waals surface area contributed by atoms with E-state index in [1.807, 2.05) is 5.38 Å². The maximum atomic E-state index is 13.1. The number of hydrogen-bond acceptors (Lipinski definition) is 6. The van der Waals surface area contributed by atoms with Crippen LogP contribution in [0.3, 0.4) is 0 Å². The molecule has 0 aliphatic heterocycles. The summed E-state index contributed by atoms with van der Waals surface area (Å²) in [4.78, 5) is 32.4. The van der Waals surface area contributed by atoms with E-state index in [1.54, 1.807) is 26.2 Å². The van der Waals surface area contributed by atoms with Crippen molar-refractivity contribution in [3.05, 3.63) is 45.8 Å². The average molecular weight is 407 g/mol. The number of ether oxygens (including phenoxy) is 1. The molecule has 9 heteroatoms. The van der Waals surface area contributed by atoms with Crippen LogP contribution in [0.1, 0.15) is 6.92 Å². The average Bonchev–Trinajstić information content (AvgIpc) is 3.07. The number of amides is 1. The van der Waals surface area contributed by atoms with Crippen LogP contribution >= 0.6 is 23.1 Å². The molecule has 0 aliphatic carbocycles. The number of fused-ring (bicyclic) bond motifs is 1. The lowest BCUT2D eigenvalue weighted by molar-refractivity contribution is -0.120. The third kappa shape index (κ3) is 4.55. The Bertz CT molecular complexity index is 1000. The van der Waals surface area contributed by atoms with Crippen LogP contribution in [0, 0.1) is 5.82 Å². The summed E-state index contributed by atoms with van der Waals surface area (Å²) in [6.45, 7) is 2.61. The second-order valence-electron chi connectivity index (χ2n) is 5.75. The van der Waals surface area contributed by atoms with Crippen molar-refractivity contribution in [1.82, 2.24) is 15.3 Å². The first-order chi connectivity index (χ1) is 13.0. The summed E-state index contributed by atoms with van der Waals surface area (Å²) >= 11 is 2.52. The van der Waals surface area contributed by atoms with Crippen LogP contribution in [0.2, 0.25) is 0 Å². The molecule has 0 unspecified atom stereocenters. The standard InChI is InChI=1S/C18H18FN3O3S2/c1-10(15(23)20-7-8-25-2)27-18-21-16(24)14-13(9-26-17(14)22-18)11-3-5-12(19)6-4-11/h3-6,9-10H,7-8H2,1-2H3,(H,20,23)(H,21,22,24)/t10-/m0/s1. The topological polar surface area (TPSA) is 84.1 Å². The number of carbonyl (C=O) groups is 1. The number of halogens is 1. The van der Waals surface area contributed by atoms with Crippen LogP contribution in [0.5, 0.6) is 0 Å². The van der Waals surface area contributed by atoms with Crippen LogP contribution in [0.4, 0.5) is 4.39 Å². The molecule has 0 bridgehead atoms. The van der Waals surface area contributed by atoms with Crippen LogP contribution in [0.15, 0.2) is 39.6 Å². The molecule has 0 radical (unpaired) electrons. The first-order valence-electron chi connectivity index (χ1n) is 8.20. The molecule has 3 rings (SSSR count). The third-order valence-corrected chi connectivity index (χ3v) is 5.70. The van der Waals surface area contributed by atoms with E-state index in [0.29, 0.717) is 34.1 Å². The molecular weight excluding hydrogens is 389 g/mol. The second-order valence-corrected chi connectivity index (χ2v) is 7.94. The number of aromatic amines is 1. The highest BCUT2D eigenvalue weighted by Gasteiger charge is 2.18. The van der Waals surface area contributed by atoms with Gasteiger partial charge in [0, 0.05) is 24.6 Å². The monoisotopic (exact) mass is 407 g/mol. The van der Waals surface area contributed by atoms with E-state index < -0.39 is 5.25 Å². The van der Waals surface area contributed by atoms with E-state index in [1.165, 1.54) is 35.2 Å². The molecule has 6 nitrogen and oxygen atoms in total. The van der Waals surface area contributed by atoms with Gasteiger partial charge >= 0.3 is 0 Å². The molecule has 27 heavy (non-hydrogen) atoms. The predicted molar refractivity (Wildman–Crippen MR) is 106 cm³/mol. The Labute approximate surface area is 163 Å². The molecule has 2 N–H and O–H groups in total. The SMILES string of the molecule is COCCNC(=O)[C@H](C)Sc1nc2scc(-c3ccc(F)cc3)c2c(=O)[nH]1. The highest BCUT2D eigenvalue weighted by Crippen LogP contribution is 2.32. The maximum Gasteiger partial charge on any atom is 0.260 e. The summed E-state index contributed by atoms with van der Waals surface area (Å²) in [5.74, 6) is -0.486. The Morgan fingerprint density at radius 2 is 2.15 bits per heavy atom. The van der Waals surface area contributed by atoms with E-state index in [-0.39, 0.29) is 17.3 Å². The zero-order chi connectivity index (χ0) is 19.4. The Morgan fingerprint density at radius 1 is 1.41 bits per heavy atom. The van der Waals surface area contributed by atoms with E-state index in [4.69, 9.17) is 4.74 Å². The van der Waals surface area contributed by atoms with E-state index in [2.05, 4.69) is 15.3 Å². The number of nitrogens with one attached hydrogen (secondary N) is 2. The number of H-pyrrole nitrogens is 1. The number of hydrogen-bond donors (Lipinski definition) is 2. The van der Waals surface area contributed by atoms with Gasteiger partial charge in [-0.05, 0) is 24.6 Å². The largest absolute Gasteiger partial charge is 0.383 e. The molecule has 1 aromatic carbocycles. The number of carbonyl (C=O) groups excluding carboxylic acids is 1. The van der Waals surface area contributed by atoms with Gasteiger partial charge < -0.3 is 15.0 Å². The Hall–Kier alpha value is -2.23. The Kier molecular flexibility index (Phi) is 6.25. The number of rotatable bonds is 7. The van der Waals surface area contributed by atoms with Gasteiger partial charge in [0.15, 0.2) is 5.16 Å². The second kappa shape index (κ2) is 8.64. The van der Waals surface area contributed by atoms with Gasteiger partial charge in [0.25, 0.3) is 5.56 Å². The van der Waals surface area contributed by atoms with Crippen LogP contribution < -0.4 is 10.9 Å². The van der Waals surface area contributed by atoms with Gasteiger partial charge in [-0.15, -0.1) is 11.3 Å². The van der Waals surface area contributed by atoms with Crippen molar-refractivity contribution < 1.29 is 13.9 Å². The van der Waals surface area contributed by atoms with Gasteiger partial charge in [0.1, 0.15) is 10.6 Å². The van der Waals surface area contributed by atoms with Crippen LogP contribution in [-0.2, 0) is 9.53 Å². The fourth-order valence-corrected chi connectivity index (χ4v) is 4.29. The normalized spacial score (nSPS) is 12.3. The van der Waals surface area contributed by atoms with E-state index in [9.17, 15) is 14.0 Å². The minimum absolute atomic E-state index is 0.155. The lowest BCUT2D eigenvalue weighted by Gasteiger charge is -2.11. The minimum atomic E-state index is -0.418. The lowest BCUT2D eigenvalue weighted by Crippen LogP contribution is -2.33. The fraction of sp³-hybridized carbons (Fsp3) is 0.278. The number of methoxy groups -OCH3 is 1. The zero-order valence-electron chi connectivity index (χ0n) is 14.7. The molecular formula is C18H18FN3O3S2. The lowest BCUT2D eigenvalue weighted by atomic mass is 10.1. The predicted octanol–water partition coefficient (Wildman–Crippen LogP) is 3.03. The molecule has 0 saturated carbocycles. The number of nitrogens with zero attached hydrogens (tertiary/aromatic N) is 1. The summed E-state index contributed by atoms with van der Waals surface area (Å²) < 4.78 is 18.0. The van der Waals surface area contributed by atoms with Gasteiger partial charge in [-0.1, -0.05) is 23.9 Å². The molecule has 1 atom stereocenters. The highest BCUT2D eigenvalue weighted by atomic mass is 32.2. The van der Waals surface area contributed by atoms with Gasteiger partial charge in [-0.2, -0.15) is 0 Å². The summed E-state index contributed by atoms with van der Waals surface area (Å²) in [6.07, 6.45) is 0. The Balaban J connectivity index is 1.83. The van der Waals surface area contributed by atoms with Crippen LogP contribution in [0.25, 0.3) is 21.3 Å². The van der Waals surface area contributed by atoms with E-state index in [0.717, 1.165) is 5.56 Å². The first-order valence-corrected chi connectivity index (χ1v) is 9.96. The summed E-state index contributed by atoms with van der Waals surface area (Å²) in [6, 6.07) is 5.97. The smallest absolute Gasteiger partial charge is 0.260 e. The third-order valence-electron chi connectivity index (χ3n) is 3.84. The van der Waals surface area contributed by atoms with Crippen LogP contribution in [-0.4, -0.2) is 41.4 Å². The fourth-order valence-electron chi connectivity index (χ4n) is 2.47. The molecule has 2 heterocycles. The van der Waals surface area contributed by atoms with Crippen molar-refractivity contribution >= 4 is 39.2 Å². The van der Waals surface area contributed by atoms with Crippen molar-refractivity contribution in [3.63, 3.8) is 0 Å². The van der Waals surface area contributed by atoms with Crippen molar-refractivity contribution in [1.29, 1.82) is 0 Å². The molecule has 0 aliphatic rings. The number of benzene rings is 1. The van der Waals surface area contributed by atoms with Crippen molar-refractivity contribution in [2.75, 3.05) is 20.3 Å². The first kappa shape index (κ1) is 19.5. The maximum absolute atomic E-state index is 13.1. The summed E-state index contributed by atoms with van der Waals surface area (Å²) in [5.41, 5.74) is 1.18. The van der Waals surface area contributed by atoms with Gasteiger partial charge in [-0.25, -0.2) is 9.37 Å². The van der Waals surface area contributed by atoms with Gasteiger partial charge in [-0.3, -0.25) is 9.59 Å².